The van der Waals surface area contributed by atoms with Gasteiger partial charge in [-0.3, -0.25) is 0 Å². The molecule has 0 saturated heterocycles. The molecule has 2 aromatic rings. The van der Waals surface area contributed by atoms with Gasteiger partial charge in [0.2, 0.25) is 0 Å². The first-order valence-corrected chi connectivity index (χ1v) is 6.16. The van der Waals surface area contributed by atoms with E-state index in [0.717, 1.165) is 17.9 Å². The fraction of sp³-hybridized carbons (Fsp3) is 0.267. The van der Waals surface area contributed by atoms with E-state index in [0.29, 0.717) is 13.0 Å². The Balaban J connectivity index is 1.98. The second-order valence-electron chi connectivity index (χ2n) is 4.51. The highest BCUT2D eigenvalue weighted by atomic mass is 16.5. The largest absolute Gasteiger partial charge is 0.489 e. The van der Waals surface area contributed by atoms with Gasteiger partial charge in [-0.25, -0.2) is 0 Å². The molecule has 3 nitrogen and oxygen atoms in total. The Morgan fingerprint density at radius 2 is 2.17 bits per heavy atom. The van der Waals surface area contributed by atoms with Crippen LogP contribution >= 0.6 is 0 Å². The Morgan fingerprint density at radius 1 is 1.28 bits per heavy atom. The molecular weight excluding hydrogens is 224 g/mol. The van der Waals surface area contributed by atoms with Crippen molar-refractivity contribution in [2.75, 3.05) is 11.9 Å². The molecule has 0 aliphatic carbocycles. The number of nitriles is 1. The molecule has 1 heterocycles. The van der Waals surface area contributed by atoms with E-state index in [-0.39, 0.29) is 6.04 Å². The lowest BCUT2D eigenvalue weighted by Gasteiger charge is -2.28. The van der Waals surface area contributed by atoms with E-state index in [1.54, 1.807) is 0 Å². The number of ether oxygens (including phenoxy) is 1. The van der Waals surface area contributed by atoms with Gasteiger partial charge in [-0.1, -0.05) is 30.3 Å². The van der Waals surface area contributed by atoms with E-state index >= 15 is 0 Å². The zero-order valence-corrected chi connectivity index (χ0v) is 10.0. The van der Waals surface area contributed by atoms with Crippen molar-refractivity contribution in [3.8, 4) is 11.8 Å². The molecule has 0 fully saturated rings. The summed E-state index contributed by atoms with van der Waals surface area (Å²) in [6, 6.07) is 14.7. The minimum absolute atomic E-state index is 0.225. The van der Waals surface area contributed by atoms with Crippen LogP contribution < -0.4 is 10.1 Å². The molecular formula is C15H14N2O. The van der Waals surface area contributed by atoms with Gasteiger partial charge in [-0.05, 0) is 17.9 Å². The minimum Gasteiger partial charge on any atom is -0.489 e. The molecule has 1 aliphatic rings. The van der Waals surface area contributed by atoms with Gasteiger partial charge in [-0.15, -0.1) is 0 Å². The minimum atomic E-state index is 0.225. The molecule has 0 amide bonds. The monoisotopic (exact) mass is 238 g/mol. The molecule has 18 heavy (non-hydrogen) atoms. The molecule has 0 spiro atoms. The van der Waals surface area contributed by atoms with Crippen molar-refractivity contribution in [2.24, 2.45) is 0 Å². The summed E-state index contributed by atoms with van der Waals surface area (Å²) < 4.78 is 5.77. The Morgan fingerprint density at radius 3 is 3.06 bits per heavy atom. The predicted molar refractivity (Wildman–Crippen MR) is 71.7 cm³/mol. The van der Waals surface area contributed by atoms with Gasteiger partial charge < -0.3 is 10.1 Å². The summed E-state index contributed by atoms with van der Waals surface area (Å²) in [5.41, 5.74) is 1.06. The van der Waals surface area contributed by atoms with E-state index in [2.05, 4.69) is 29.6 Å². The van der Waals surface area contributed by atoms with Crippen molar-refractivity contribution in [1.82, 2.24) is 0 Å². The first-order chi connectivity index (χ1) is 8.88. The van der Waals surface area contributed by atoms with Crippen LogP contribution in [0.3, 0.4) is 0 Å². The second-order valence-corrected chi connectivity index (χ2v) is 4.51. The molecule has 1 aliphatic heterocycles. The summed E-state index contributed by atoms with van der Waals surface area (Å²) in [4.78, 5) is 0. The maximum absolute atomic E-state index is 8.65. The van der Waals surface area contributed by atoms with Crippen molar-refractivity contribution < 1.29 is 4.74 Å². The van der Waals surface area contributed by atoms with Crippen LogP contribution in [0.2, 0.25) is 0 Å². The zero-order chi connectivity index (χ0) is 12.4. The van der Waals surface area contributed by atoms with Crippen LogP contribution in [0, 0.1) is 11.3 Å². The van der Waals surface area contributed by atoms with Crippen LogP contribution in [0.5, 0.6) is 5.75 Å². The van der Waals surface area contributed by atoms with Crippen molar-refractivity contribution in [3.05, 3.63) is 36.4 Å². The molecule has 1 N–H and O–H groups in total. The number of anilines is 1. The lowest BCUT2D eigenvalue weighted by atomic mass is 10.0. The quantitative estimate of drug-likeness (QED) is 0.873. The van der Waals surface area contributed by atoms with Gasteiger partial charge in [-0.2, -0.15) is 5.26 Å². The standard InChI is InChI=1S/C15H14N2O/c16-9-3-5-12-10-18-14-8-7-11-4-1-2-6-13(11)15(14)17-12/h1-2,4,6-8,12,17H,3,5,10H2. The van der Waals surface area contributed by atoms with Crippen LogP contribution in [0.15, 0.2) is 36.4 Å². The first kappa shape index (κ1) is 10.9. The maximum Gasteiger partial charge on any atom is 0.143 e. The Hall–Kier alpha value is -2.21. The van der Waals surface area contributed by atoms with E-state index in [1.807, 2.05) is 18.2 Å². The number of hydrogen-bond acceptors (Lipinski definition) is 3. The smallest absolute Gasteiger partial charge is 0.143 e. The zero-order valence-electron chi connectivity index (χ0n) is 10.0. The molecule has 90 valence electrons. The van der Waals surface area contributed by atoms with Gasteiger partial charge in [0, 0.05) is 11.8 Å². The lowest BCUT2D eigenvalue weighted by molar-refractivity contribution is 0.280. The SMILES string of the molecule is N#CCCC1COc2ccc3ccccc3c2N1. The van der Waals surface area contributed by atoms with Gasteiger partial charge in [0.1, 0.15) is 12.4 Å². The highest BCUT2D eigenvalue weighted by molar-refractivity contribution is 5.97. The molecule has 2 aromatic carbocycles. The fourth-order valence-electron chi connectivity index (χ4n) is 2.35. The molecule has 3 rings (SSSR count). The highest BCUT2D eigenvalue weighted by Gasteiger charge is 2.20. The molecule has 1 unspecified atom stereocenters. The molecule has 3 heteroatoms. The fourth-order valence-corrected chi connectivity index (χ4v) is 2.35. The number of nitrogens with one attached hydrogen (secondary N) is 1. The van der Waals surface area contributed by atoms with Crippen LogP contribution in [-0.2, 0) is 0 Å². The van der Waals surface area contributed by atoms with Gasteiger partial charge in [0.25, 0.3) is 0 Å². The van der Waals surface area contributed by atoms with Gasteiger partial charge in [0.15, 0.2) is 0 Å². The van der Waals surface area contributed by atoms with Crippen LogP contribution in [0.1, 0.15) is 12.8 Å². The van der Waals surface area contributed by atoms with E-state index in [9.17, 15) is 0 Å². The Labute approximate surface area is 106 Å². The van der Waals surface area contributed by atoms with Gasteiger partial charge >= 0.3 is 0 Å². The number of hydrogen-bond donors (Lipinski definition) is 1. The topological polar surface area (TPSA) is 45.0 Å². The van der Waals surface area contributed by atoms with Crippen molar-refractivity contribution in [2.45, 2.75) is 18.9 Å². The van der Waals surface area contributed by atoms with Crippen LogP contribution in [0.4, 0.5) is 5.69 Å². The Kier molecular flexibility index (Phi) is 2.77. The van der Waals surface area contributed by atoms with Crippen molar-refractivity contribution in [3.63, 3.8) is 0 Å². The van der Waals surface area contributed by atoms with Crippen LogP contribution in [0.25, 0.3) is 10.8 Å². The third-order valence-corrected chi connectivity index (χ3v) is 3.28. The first-order valence-electron chi connectivity index (χ1n) is 6.16. The summed E-state index contributed by atoms with van der Waals surface area (Å²) in [5, 5.41) is 14.5. The van der Waals surface area contributed by atoms with Crippen LogP contribution in [-0.4, -0.2) is 12.6 Å². The molecule has 0 saturated carbocycles. The summed E-state index contributed by atoms with van der Waals surface area (Å²) in [6.45, 7) is 0.632. The number of benzene rings is 2. The normalized spacial score (nSPS) is 17.4. The average Bonchev–Trinajstić information content (AvgIpc) is 2.45. The summed E-state index contributed by atoms with van der Waals surface area (Å²) in [6.07, 6.45) is 1.38. The Bertz CT molecular complexity index is 615. The summed E-state index contributed by atoms with van der Waals surface area (Å²) in [5.74, 6) is 0.905. The molecule has 0 aromatic heterocycles. The third kappa shape index (κ3) is 1.86. The predicted octanol–water partition coefficient (Wildman–Crippen LogP) is 3.32. The van der Waals surface area contributed by atoms with E-state index in [1.165, 1.54) is 10.8 Å². The second kappa shape index (κ2) is 4.58. The summed E-state index contributed by atoms with van der Waals surface area (Å²) >= 11 is 0. The molecule has 1 atom stereocenters. The van der Waals surface area contributed by atoms with Crippen molar-refractivity contribution in [1.29, 1.82) is 5.26 Å². The molecule has 0 bridgehead atoms. The van der Waals surface area contributed by atoms with E-state index < -0.39 is 0 Å². The highest BCUT2D eigenvalue weighted by Crippen LogP contribution is 2.36. The number of nitrogens with zero attached hydrogens (tertiary/aromatic N) is 1. The third-order valence-electron chi connectivity index (χ3n) is 3.28. The average molecular weight is 238 g/mol. The number of fused-ring (bicyclic) bond motifs is 3. The van der Waals surface area contributed by atoms with E-state index in [4.69, 9.17) is 10.00 Å². The van der Waals surface area contributed by atoms with Gasteiger partial charge in [0.05, 0.1) is 17.8 Å². The van der Waals surface area contributed by atoms with Crippen molar-refractivity contribution >= 4 is 16.5 Å². The number of rotatable bonds is 2. The molecule has 0 radical (unpaired) electrons. The lowest BCUT2D eigenvalue weighted by Crippen LogP contribution is -2.31. The maximum atomic E-state index is 8.65. The summed E-state index contributed by atoms with van der Waals surface area (Å²) in [7, 11) is 0.